The zero-order chi connectivity index (χ0) is 13.8. The van der Waals surface area contributed by atoms with Gasteiger partial charge in [-0.3, -0.25) is 0 Å². The Hall–Kier alpha value is -0.910. The van der Waals surface area contributed by atoms with Crippen LogP contribution < -0.4 is 0 Å². The third kappa shape index (κ3) is 11.4. The van der Waals surface area contributed by atoms with Crippen molar-refractivity contribution in [2.75, 3.05) is 19.8 Å². The fourth-order valence-corrected chi connectivity index (χ4v) is 0.834. The average Bonchev–Trinajstić information content (AvgIpc) is 2.30. The first kappa shape index (κ1) is 18.5. The summed E-state index contributed by atoms with van der Waals surface area (Å²) in [6, 6.07) is 0. The number of carboxylic acids is 1. The molecule has 0 atom stereocenters. The molecular formula is C12H24O5. The van der Waals surface area contributed by atoms with Crippen LogP contribution in [0.15, 0.2) is 11.1 Å². The zero-order valence-corrected chi connectivity index (χ0v) is 10.8. The molecule has 0 saturated carbocycles. The van der Waals surface area contributed by atoms with Gasteiger partial charge in [-0.2, -0.15) is 0 Å². The fraction of sp³-hybridized carbons (Fsp3) is 0.750. The summed E-state index contributed by atoms with van der Waals surface area (Å²) in [5.41, 5.74) is 1.29. The Labute approximate surface area is 102 Å². The maximum atomic E-state index is 10.1. The van der Waals surface area contributed by atoms with E-state index in [0.29, 0.717) is 18.4 Å². The van der Waals surface area contributed by atoms with Crippen LogP contribution in [0.1, 0.15) is 33.6 Å². The van der Waals surface area contributed by atoms with Crippen molar-refractivity contribution in [1.82, 2.24) is 0 Å². The van der Waals surface area contributed by atoms with Crippen molar-refractivity contribution < 1.29 is 25.2 Å². The predicted octanol–water partition coefficient (Wildman–Crippen LogP) is 0.787. The first-order valence-electron chi connectivity index (χ1n) is 5.60. The zero-order valence-electron chi connectivity index (χ0n) is 10.8. The van der Waals surface area contributed by atoms with Gasteiger partial charge in [0.15, 0.2) is 0 Å². The molecule has 0 bridgehead atoms. The van der Waals surface area contributed by atoms with Crippen molar-refractivity contribution >= 4 is 5.97 Å². The van der Waals surface area contributed by atoms with E-state index in [-0.39, 0.29) is 25.7 Å². The average molecular weight is 248 g/mol. The first-order chi connectivity index (χ1) is 7.90. The molecule has 0 heterocycles. The molecule has 4 N–H and O–H groups in total. The number of carbonyl (C=O) groups is 1. The van der Waals surface area contributed by atoms with Crippen LogP contribution in [0.5, 0.6) is 0 Å². The number of allylic oxidation sites excluding steroid dienone is 1. The molecule has 0 amide bonds. The van der Waals surface area contributed by atoms with Gasteiger partial charge in [0.1, 0.15) is 0 Å². The lowest BCUT2D eigenvalue weighted by atomic mass is 10.1. The van der Waals surface area contributed by atoms with Crippen molar-refractivity contribution in [3.63, 3.8) is 0 Å². The Kier molecular flexibility index (Phi) is 12.6. The van der Waals surface area contributed by atoms with Crippen LogP contribution in [0.25, 0.3) is 0 Å². The molecule has 0 spiro atoms. The highest BCUT2D eigenvalue weighted by atomic mass is 16.4. The van der Waals surface area contributed by atoms with Crippen molar-refractivity contribution in [2.45, 2.75) is 33.6 Å². The van der Waals surface area contributed by atoms with E-state index in [1.807, 2.05) is 0 Å². The van der Waals surface area contributed by atoms with Gasteiger partial charge in [-0.25, -0.2) is 4.79 Å². The predicted molar refractivity (Wildman–Crippen MR) is 65.7 cm³/mol. The Morgan fingerprint density at radius 2 is 1.53 bits per heavy atom. The highest BCUT2D eigenvalue weighted by Gasteiger charge is 2.03. The van der Waals surface area contributed by atoms with Crippen LogP contribution in [0.4, 0.5) is 0 Å². The molecule has 0 rings (SSSR count). The van der Waals surface area contributed by atoms with Gasteiger partial charge < -0.3 is 20.4 Å². The van der Waals surface area contributed by atoms with Crippen LogP contribution in [0.2, 0.25) is 0 Å². The van der Waals surface area contributed by atoms with Gasteiger partial charge >= 0.3 is 5.97 Å². The van der Waals surface area contributed by atoms with Gasteiger partial charge in [0.25, 0.3) is 0 Å². The maximum Gasteiger partial charge on any atom is 0.331 e. The lowest BCUT2D eigenvalue weighted by Gasteiger charge is -2.07. The summed E-state index contributed by atoms with van der Waals surface area (Å²) in [6.07, 6.45) is 1.36. The molecule has 0 aliphatic heterocycles. The number of carboxylic acid groups (broad SMARTS) is 1. The molecular weight excluding hydrogens is 224 g/mol. The van der Waals surface area contributed by atoms with Crippen LogP contribution in [-0.4, -0.2) is 46.2 Å². The van der Waals surface area contributed by atoms with Crippen molar-refractivity contribution in [1.29, 1.82) is 0 Å². The van der Waals surface area contributed by atoms with E-state index in [0.717, 1.165) is 5.57 Å². The van der Waals surface area contributed by atoms with E-state index < -0.39 is 5.97 Å². The third-order valence-electron chi connectivity index (χ3n) is 2.36. The summed E-state index contributed by atoms with van der Waals surface area (Å²) in [5, 5.41) is 33.7. The molecule has 5 heteroatoms. The number of aliphatic carboxylic acids is 1. The fourth-order valence-electron chi connectivity index (χ4n) is 0.834. The van der Waals surface area contributed by atoms with Crippen LogP contribution in [-0.2, 0) is 4.79 Å². The molecule has 0 saturated heterocycles. The molecule has 0 aromatic carbocycles. The molecule has 17 heavy (non-hydrogen) atoms. The van der Waals surface area contributed by atoms with E-state index in [2.05, 4.69) is 0 Å². The van der Waals surface area contributed by atoms with Crippen LogP contribution in [0.3, 0.4) is 0 Å². The van der Waals surface area contributed by atoms with Gasteiger partial charge in [-0.05, 0) is 33.6 Å². The van der Waals surface area contributed by atoms with Gasteiger partial charge in [0.2, 0.25) is 0 Å². The standard InChI is InChI=1S/C6H14O3.C6H10O2/c7-3-1-2-6(4-8)5-9;1-4(2)5(3)6(7)8/h6-9H,1-5H2;1-3H3,(H,7,8). The number of aliphatic hydroxyl groups is 3. The lowest BCUT2D eigenvalue weighted by molar-refractivity contribution is -0.132. The molecule has 0 unspecified atom stereocenters. The molecule has 0 radical (unpaired) electrons. The van der Waals surface area contributed by atoms with Gasteiger partial charge in [-0.1, -0.05) is 5.57 Å². The SMILES string of the molecule is CC(C)=C(C)C(=O)O.OCCCC(CO)CO. The summed E-state index contributed by atoms with van der Waals surface area (Å²) in [7, 11) is 0. The quantitative estimate of drug-likeness (QED) is 0.521. The molecule has 0 aliphatic rings. The number of hydrogen-bond acceptors (Lipinski definition) is 4. The van der Waals surface area contributed by atoms with Gasteiger partial charge in [-0.15, -0.1) is 0 Å². The van der Waals surface area contributed by atoms with Crippen LogP contribution >= 0.6 is 0 Å². The summed E-state index contributed by atoms with van der Waals surface area (Å²) >= 11 is 0. The van der Waals surface area contributed by atoms with Gasteiger partial charge in [0, 0.05) is 31.3 Å². The van der Waals surface area contributed by atoms with Crippen molar-refractivity contribution in [2.24, 2.45) is 5.92 Å². The summed E-state index contributed by atoms with van der Waals surface area (Å²) in [6.45, 7) is 5.31. The minimum absolute atomic E-state index is 0.0104. The van der Waals surface area contributed by atoms with E-state index in [1.165, 1.54) is 0 Å². The van der Waals surface area contributed by atoms with E-state index in [4.69, 9.17) is 20.4 Å². The summed E-state index contributed by atoms with van der Waals surface area (Å²) in [5.74, 6) is -0.873. The smallest absolute Gasteiger partial charge is 0.331 e. The second-order valence-electron chi connectivity index (χ2n) is 4.03. The Morgan fingerprint density at radius 1 is 1.06 bits per heavy atom. The maximum absolute atomic E-state index is 10.1. The Bertz CT molecular complexity index is 227. The minimum Gasteiger partial charge on any atom is -0.478 e. The Balaban J connectivity index is 0. The van der Waals surface area contributed by atoms with Gasteiger partial charge in [0.05, 0.1) is 0 Å². The van der Waals surface area contributed by atoms with E-state index in [1.54, 1.807) is 20.8 Å². The molecule has 0 aromatic heterocycles. The highest BCUT2D eigenvalue weighted by Crippen LogP contribution is 2.02. The molecule has 102 valence electrons. The number of hydrogen-bond donors (Lipinski definition) is 4. The lowest BCUT2D eigenvalue weighted by Crippen LogP contribution is -2.11. The number of rotatable bonds is 6. The molecule has 0 aromatic rings. The highest BCUT2D eigenvalue weighted by molar-refractivity contribution is 5.86. The molecule has 0 fully saturated rings. The molecule has 0 aliphatic carbocycles. The van der Waals surface area contributed by atoms with Crippen LogP contribution in [0, 0.1) is 5.92 Å². The second-order valence-corrected chi connectivity index (χ2v) is 4.03. The number of aliphatic hydroxyl groups excluding tert-OH is 3. The summed E-state index contributed by atoms with van der Waals surface area (Å²) in [4.78, 5) is 10.1. The largest absolute Gasteiger partial charge is 0.478 e. The third-order valence-corrected chi connectivity index (χ3v) is 2.36. The first-order valence-corrected chi connectivity index (χ1v) is 5.60. The summed E-state index contributed by atoms with van der Waals surface area (Å²) < 4.78 is 0. The molecule has 5 nitrogen and oxygen atoms in total. The Morgan fingerprint density at radius 3 is 1.71 bits per heavy atom. The second kappa shape index (κ2) is 11.6. The normalized spacial score (nSPS) is 9.59. The van der Waals surface area contributed by atoms with E-state index in [9.17, 15) is 4.79 Å². The monoisotopic (exact) mass is 248 g/mol. The van der Waals surface area contributed by atoms with E-state index >= 15 is 0 Å². The minimum atomic E-state index is -0.829. The van der Waals surface area contributed by atoms with Crippen molar-refractivity contribution in [3.8, 4) is 0 Å². The van der Waals surface area contributed by atoms with Crippen molar-refractivity contribution in [3.05, 3.63) is 11.1 Å². The topological polar surface area (TPSA) is 98.0 Å².